The molecule has 1 aliphatic rings. The van der Waals surface area contributed by atoms with Gasteiger partial charge in [0.25, 0.3) is 5.91 Å². The number of carbonyl (C=O) groups is 1. The molecule has 3 nitrogen and oxygen atoms in total. The molecule has 0 bridgehead atoms. The van der Waals surface area contributed by atoms with Crippen molar-refractivity contribution in [2.45, 2.75) is 39.7 Å². The predicted octanol–water partition coefficient (Wildman–Crippen LogP) is 2.50. The van der Waals surface area contributed by atoms with E-state index in [2.05, 4.69) is 6.92 Å². The van der Waals surface area contributed by atoms with Crippen LogP contribution in [0.15, 0.2) is 18.2 Å². The van der Waals surface area contributed by atoms with E-state index in [-0.39, 0.29) is 11.9 Å². The van der Waals surface area contributed by atoms with Crippen LogP contribution < -0.4 is 5.73 Å². The molecule has 1 heterocycles. The maximum absolute atomic E-state index is 12.7. The summed E-state index contributed by atoms with van der Waals surface area (Å²) in [6.07, 6.45) is 1.95. The third-order valence-corrected chi connectivity index (χ3v) is 4.30. The van der Waals surface area contributed by atoms with Crippen LogP contribution in [0.5, 0.6) is 0 Å². The van der Waals surface area contributed by atoms with Crippen molar-refractivity contribution in [1.82, 2.24) is 4.90 Å². The Morgan fingerprint density at radius 2 is 2.00 bits per heavy atom. The van der Waals surface area contributed by atoms with Gasteiger partial charge in [0.05, 0.1) is 0 Å². The summed E-state index contributed by atoms with van der Waals surface area (Å²) in [6, 6.07) is 6.26. The van der Waals surface area contributed by atoms with Crippen LogP contribution in [0.4, 0.5) is 0 Å². The Bertz CT molecular complexity index is 450. The lowest BCUT2D eigenvalue weighted by molar-refractivity contribution is 0.0647. The second-order valence-electron chi connectivity index (χ2n) is 5.64. The molecule has 1 aromatic rings. The number of nitrogens with zero attached hydrogens (tertiary/aromatic N) is 1. The van der Waals surface area contributed by atoms with Gasteiger partial charge in [-0.2, -0.15) is 0 Å². The van der Waals surface area contributed by atoms with Gasteiger partial charge in [-0.05, 0) is 37.3 Å². The van der Waals surface area contributed by atoms with Crippen LogP contribution in [0, 0.1) is 19.8 Å². The highest BCUT2D eigenvalue weighted by Crippen LogP contribution is 2.22. The molecule has 2 rings (SSSR count). The lowest BCUT2D eigenvalue weighted by Crippen LogP contribution is -2.49. The van der Waals surface area contributed by atoms with Gasteiger partial charge in [0.1, 0.15) is 0 Å². The van der Waals surface area contributed by atoms with Crippen molar-refractivity contribution in [3.63, 3.8) is 0 Å². The van der Waals surface area contributed by atoms with E-state index in [4.69, 9.17) is 5.73 Å². The first-order valence-electron chi connectivity index (χ1n) is 7.15. The van der Waals surface area contributed by atoms with Gasteiger partial charge in [0, 0.05) is 24.7 Å². The van der Waals surface area contributed by atoms with Crippen LogP contribution in [0.2, 0.25) is 0 Å². The van der Waals surface area contributed by atoms with Crippen LogP contribution in [0.3, 0.4) is 0 Å². The summed E-state index contributed by atoms with van der Waals surface area (Å²) in [5.41, 5.74) is 9.11. The van der Waals surface area contributed by atoms with E-state index in [9.17, 15) is 4.79 Å². The summed E-state index contributed by atoms with van der Waals surface area (Å²) in [6.45, 7) is 7.74. The minimum Gasteiger partial charge on any atom is -0.338 e. The largest absolute Gasteiger partial charge is 0.338 e. The fourth-order valence-electron chi connectivity index (χ4n) is 2.98. The highest BCUT2D eigenvalue weighted by molar-refractivity contribution is 5.97. The Morgan fingerprint density at radius 3 is 2.58 bits per heavy atom. The molecular formula is C16H24N2O. The highest BCUT2D eigenvalue weighted by Gasteiger charge is 2.29. The molecule has 2 atom stereocenters. The van der Waals surface area contributed by atoms with Crippen LogP contribution >= 0.6 is 0 Å². The Labute approximate surface area is 115 Å². The van der Waals surface area contributed by atoms with Crippen molar-refractivity contribution >= 4 is 5.91 Å². The first-order valence-corrected chi connectivity index (χ1v) is 7.15. The van der Waals surface area contributed by atoms with E-state index >= 15 is 0 Å². The molecule has 0 saturated carbocycles. The fraction of sp³-hybridized carbons (Fsp3) is 0.562. The number of hydrogen-bond acceptors (Lipinski definition) is 2. The quantitative estimate of drug-likeness (QED) is 0.888. The molecular weight excluding hydrogens is 236 g/mol. The lowest BCUT2D eigenvalue weighted by atomic mass is 9.90. The van der Waals surface area contributed by atoms with Crippen LogP contribution in [0.25, 0.3) is 0 Å². The smallest absolute Gasteiger partial charge is 0.254 e. The van der Waals surface area contributed by atoms with Gasteiger partial charge in [0.15, 0.2) is 0 Å². The highest BCUT2D eigenvalue weighted by atomic mass is 16.2. The van der Waals surface area contributed by atoms with Gasteiger partial charge in [-0.3, -0.25) is 4.79 Å². The SMILES string of the molecule is CCC1CN(C(=O)c2c(C)cccc2C)CCC1N. The van der Waals surface area contributed by atoms with Crippen LogP contribution in [-0.4, -0.2) is 29.9 Å². The second kappa shape index (κ2) is 5.74. The van der Waals surface area contributed by atoms with Crippen LogP contribution in [-0.2, 0) is 0 Å². The van der Waals surface area contributed by atoms with E-state index in [1.54, 1.807) is 0 Å². The van der Waals surface area contributed by atoms with E-state index in [1.165, 1.54) is 0 Å². The lowest BCUT2D eigenvalue weighted by Gasteiger charge is -2.37. The van der Waals surface area contributed by atoms with E-state index in [0.29, 0.717) is 5.92 Å². The van der Waals surface area contributed by atoms with Gasteiger partial charge in [-0.15, -0.1) is 0 Å². The first kappa shape index (κ1) is 14.1. The second-order valence-corrected chi connectivity index (χ2v) is 5.64. The Balaban J connectivity index is 2.20. The Kier molecular flexibility index (Phi) is 4.25. The van der Waals surface area contributed by atoms with Gasteiger partial charge >= 0.3 is 0 Å². The van der Waals surface area contributed by atoms with Crippen LogP contribution in [0.1, 0.15) is 41.3 Å². The van der Waals surface area contributed by atoms with Gasteiger partial charge < -0.3 is 10.6 Å². The van der Waals surface area contributed by atoms with E-state index in [0.717, 1.165) is 42.6 Å². The standard InChI is InChI=1S/C16H24N2O/c1-4-13-10-18(9-8-14(13)17)16(19)15-11(2)6-5-7-12(15)3/h5-7,13-14H,4,8-10,17H2,1-3H3. The molecule has 0 aliphatic carbocycles. The minimum absolute atomic E-state index is 0.168. The van der Waals surface area contributed by atoms with Crippen molar-refractivity contribution in [1.29, 1.82) is 0 Å². The molecule has 104 valence electrons. The third kappa shape index (κ3) is 2.81. The van der Waals surface area contributed by atoms with Gasteiger partial charge in [0.2, 0.25) is 0 Å². The predicted molar refractivity (Wildman–Crippen MR) is 78.2 cm³/mol. The molecule has 1 aromatic carbocycles. The molecule has 2 unspecified atom stereocenters. The summed E-state index contributed by atoms with van der Waals surface area (Å²) in [7, 11) is 0. The van der Waals surface area contributed by atoms with E-state index in [1.807, 2.05) is 36.9 Å². The normalized spacial score (nSPS) is 23.5. The molecule has 1 saturated heterocycles. The molecule has 2 N–H and O–H groups in total. The van der Waals surface area contributed by atoms with Crippen molar-refractivity contribution in [3.05, 3.63) is 34.9 Å². The molecule has 0 radical (unpaired) electrons. The Hall–Kier alpha value is -1.35. The maximum atomic E-state index is 12.7. The number of benzene rings is 1. The van der Waals surface area contributed by atoms with Gasteiger partial charge in [-0.25, -0.2) is 0 Å². The zero-order valence-electron chi connectivity index (χ0n) is 12.1. The average molecular weight is 260 g/mol. The van der Waals surface area contributed by atoms with Crippen molar-refractivity contribution < 1.29 is 4.79 Å². The molecule has 1 fully saturated rings. The number of rotatable bonds is 2. The summed E-state index contributed by atoms with van der Waals surface area (Å²) >= 11 is 0. The zero-order chi connectivity index (χ0) is 14.0. The number of nitrogens with two attached hydrogens (primary N) is 1. The Morgan fingerprint density at radius 1 is 1.37 bits per heavy atom. The summed E-state index contributed by atoms with van der Waals surface area (Å²) in [4.78, 5) is 14.7. The summed E-state index contributed by atoms with van der Waals surface area (Å²) in [5.74, 6) is 0.600. The van der Waals surface area contributed by atoms with Gasteiger partial charge in [-0.1, -0.05) is 31.5 Å². The molecule has 1 aliphatic heterocycles. The maximum Gasteiger partial charge on any atom is 0.254 e. The molecule has 0 spiro atoms. The zero-order valence-corrected chi connectivity index (χ0v) is 12.1. The third-order valence-electron chi connectivity index (χ3n) is 4.30. The number of aryl methyl sites for hydroxylation is 2. The average Bonchev–Trinajstić information content (AvgIpc) is 2.39. The molecule has 3 heteroatoms. The summed E-state index contributed by atoms with van der Waals surface area (Å²) in [5, 5.41) is 0. The topological polar surface area (TPSA) is 46.3 Å². The van der Waals surface area contributed by atoms with Crippen molar-refractivity contribution in [3.8, 4) is 0 Å². The number of amides is 1. The number of hydrogen-bond donors (Lipinski definition) is 1. The molecule has 1 amide bonds. The van der Waals surface area contributed by atoms with Crippen molar-refractivity contribution in [2.24, 2.45) is 11.7 Å². The monoisotopic (exact) mass is 260 g/mol. The fourth-order valence-corrected chi connectivity index (χ4v) is 2.98. The number of likely N-dealkylation sites (tertiary alicyclic amines) is 1. The van der Waals surface area contributed by atoms with E-state index < -0.39 is 0 Å². The first-order chi connectivity index (χ1) is 9.04. The minimum atomic E-state index is 0.168. The molecule has 19 heavy (non-hydrogen) atoms. The summed E-state index contributed by atoms with van der Waals surface area (Å²) < 4.78 is 0. The molecule has 0 aromatic heterocycles. The number of carbonyl (C=O) groups excluding carboxylic acids is 1. The number of piperidine rings is 1. The van der Waals surface area contributed by atoms with Crippen molar-refractivity contribution in [2.75, 3.05) is 13.1 Å².